The lowest BCUT2D eigenvalue weighted by Crippen LogP contribution is -2.48. The van der Waals surface area contributed by atoms with Crippen molar-refractivity contribution in [2.24, 2.45) is 0 Å². The highest BCUT2D eigenvalue weighted by Gasteiger charge is 2.22. The standard InChI is InChI=1S/C22H23N5O3S2/c28-19(23-15-18-7-4-14-30-18)16-31-22-25-24-21(32-22)27-12-10-26(11-13-27)20(29)9-8-17-5-2-1-3-6-17/h1-9,14H,10-13,15-16H2,(H,23,28). The van der Waals surface area contributed by atoms with Gasteiger partial charge in [-0.1, -0.05) is 53.4 Å². The van der Waals surface area contributed by atoms with Gasteiger partial charge in [0.25, 0.3) is 0 Å². The number of aromatic nitrogens is 2. The van der Waals surface area contributed by atoms with Crippen LogP contribution in [-0.4, -0.2) is 58.8 Å². The Bertz CT molecular complexity index is 1040. The van der Waals surface area contributed by atoms with Gasteiger partial charge < -0.3 is 19.5 Å². The van der Waals surface area contributed by atoms with Crippen LogP contribution in [0, 0.1) is 0 Å². The fourth-order valence-electron chi connectivity index (χ4n) is 3.12. The molecule has 0 unspecified atom stereocenters. The highest BCUT2D eigenvalue weighted by atomic mass is 32.2. The average molecular weight is 470 g/mol. The Labute approximate surface area is 194 Å². The maximum absolute atomic E-state index is 12.4. The predicted octanol–water partition coefficient (Wildman–Crippen LogP) is 2.90. The minimum Gasteiger partial charge on any atom is -0.467 e. The van der Waals surface area contributed by atoms with Crippen molar-refractivity contribution in [1.29, 1.82) is 0 Å². The number of thioether (sulfide) groups is 1. The normalized spacial score (nSPS) is 14.1. The molecular formula is C22H23N5O3S2. The molecule has 32 heavy (non-hydrogen) atoms. The molecule has 0 radical (unpaired) electrons. The fraction of sp³-hybridized carbons (Fsp3) is 0.273. The lowest BCUT2D eigenvalue weighted by atomic mass is 10.2. The van der Waals surface area contributed by atoms with E-state index in [-0.39, 0.29) is 17.6 Å². The van der Waals surface area contributed by atoms with Gasteiger partial charge in [-0.25, -0.2) is 0 Å². The van der Waals surface area contributed by atoms with Crippen molar-refractivity contribution in [1.82, 2.24) is 20.4 Å². The number of carbonyl (C=O) groups is 2. The van der Waals surface area contributed by atoms with E-state index in [4.69, 9.17) is 4.42 Å². The Kier molecular flexibility index (Phi) is 7.57. The molecule has 0 bridgehead atoms. The number of hydrogen-bond acceptors (Lipinski definition) is 8. The van der Waals surface area contributed by atoms with E-state index in [9.17, 15) is 9.59 Å². The molecule has 166 valence electrons. The highest BCUT2D eigenvalue weighted by Crippen LogP contribution is 2.28. The number of amides is 2. The molecule has 1 aliphatic heterocycles. The van der Waals surface area contributed by atoms with Crippen LogP contribution in [0.1, 0.15) is 11.3 Å². The zero-order valence-corrected chi connectivity index (χ0v) is 19.0. The first-order valence-electron chi connectivity index (χ1n) is 10.2. The van der Waals surface area contributed by atoms with E-state index in [0.717, 1.165) is 20.8 Å². The van der Waals surface area contributed by atoms with Crippen molar-refractivity contribution in [3.63, 3.8) is 0 Å². The topological polar surface area (TPSA) is 91.6 Å². The molecule has 3 heterocycles. The van der Waals surface area contributed by atoms with Crippen LogP contribution >= 0.6 is 23.1 Å². The first-order chi connectivity index (χ1) is 15.7. The smallest absolute Gasteiger partial charge is 0.246 e. The van der Waals surface area contributed by atoms with Crippen LogP contribution in [0.2, 0.25) is 0 Å². The fourth-order valence-corrected chi connectivity index (χ4v) is 4.84. The van der Waals surface area contributed by atoms with Crippen molar-refractivity contribution in [2.75, 3.05) is 36.8 Å². The van der Waals surface area contributed by atoms with Gasteiger partial charge in [-0.15, -0.1) is 10.2 Å². The Morgan fingerprint density at radius 1 is 1.09 bits per heavy atom. The third-order valence-corrected chi connectivity index (χ3v) is 6.96. The summed E-state index contributed by atoms with van der Waals surface area (Å²) >= 11 is 2.83. The summed E-state index contributed by atoms with van der Waals surface area (Å²) in [5, 5.41) is 12.1. The van der Waals surface area contributed by atoms with E-state index >= 15 is 0 Å². The maximum Gasteiger partial charge on any atom is 0.246 e. The zero-order chi connectivity index (χ0) is 22.2. The van der Waals surface area contributed by atoms with Gasteiger partial charge in [-0.05, 0) is 23.8 Å². The molecule has 2 amide bonds. The third-order valence-electron chi connectivity index (χ3n) is 4.84. The number of anilines is 1. The Balaban J connectivity index is 1.20. The lowest BCUT2D eigenvalue weighted by Gasteiger charge is -2.33. The van der Waals surface area contributed by atoms with Crippen molar-refractivity contribution in [3.05, 3.63) is 66.1 Å². The van der Waals surface area contributed by atoms with Crippen molar-refractivity contribution in [2.45, 2.75) is 10.9 Å². The molecule has 8 nitrogen and oxygen atoms in total. The molecule has 1 aromatic carbocycles. The van der Waals surface area contributed by atoms with Crippen LogP contribution in [0.25, 0.3) is 6.08 Å². The Morgan fingerprint density at radius 3 is 2.66 bits per heavy atom. The minimum absolute atomic E-state index is 0.0163. The molecule has 2 aromatic heterocycles. The summed E-state index contributed by atoms with van der Waals surface area (Å²) in [7, 11) is 0. The third kappa shape index (κ3) is 6.21. The lowest BCUT2D eigenvalue weighted by molar-refractivity contribution is -0.126. The predicted molar refractivity (Wildman–Crippen MR) is 125 cm³/mol. The molecular weight excluding hydrogens is 446 g/mol. The second-order valence-electron chi connectivity index (χ2n) is 7.05. The van der Waals surface area contributed by atoms with Gasteiger partial charge in [0.05, 0.1) is 18.6 Å². The van der Waals surface area contributed by atoms with E-state index < -0.39 is 0 Å². The van der Waals surface area contributed by atoms with E-state index in [0.29, 0.717) is 32.7 Å². The van der Waals surface area contributed by atoms with E-state index in [1.165, 1.54) is 23.1 Å². The first kappa shape index (κ1) is 22.1. The van der Waals surface area contributed by atoms with Gasteiger partial charge in [0, 0.05) is 32.3 Å². The molecule has 1 saturated heterocycles. The number of rotatable bonds is 8. The largest absolute Gasteiger partial charge is 0.467 e. The zero-order valence-electron chi connectivity index (χ0n) is 17.3. The Hall–Kier alpha value is -3.11. The molecule has 1 fully saturated rings. The van der Waals surface area contributed by atoms with Gasteiger partial charge in [0.2, 0.25) is 16.9 Å². The number of nitrogens with zero attached hydrogens (tertiary/aromatic N) is 4. The average Bonchev–Trinajstić information content (AvgIpc) is 3.53. The summed E-state index contributed by atoms with van der Waals surface area (Å²) < 4.78 is 5.95. The quantitative estimate of drug-likeness (QED) is 0.401. The number of nitrogens with one attached hydrogen (secondary N) is 1. The SMILES string of the molecule is O=C(CSc1nnc(N2CCN(C(=O)C=Cc3ccccc3)CC2)s1)NCc1ccco1. The molecule has 1 N–H and O–H groups in total. The van der Waals surface area contributed by atoms with Crippen LogP contribution < -0.4 is 10.2 Å². The molecule has 4 rings (SSSR count). The molecule has 0 saturated carbocycles. The monoisotopic (exact) mass is 469 g/mol. The molecule has 0 spiro atoms. The van der Waals surface area contributed by atoms with Crippen molar-refractivity contribution >= 4 is 46.1 Å². The molecule has 3 aromatic rings. The van der Waals surface area contributed by atoms with E-state index in [1.54, 1.807) is 18.4 Å². The van der Waals surface area contributed by atoms with E-state index in [1.807, 2.05) is 47.4 Å². The van der Waals surface area contributed by atoms with E-state index in [2.05, 4.69) is 20.4 Å². The second-order valence-corrected chi connectivity index (χ2v) is 9.23. The number of piperazine rings is 1. The van der Waals surface area contributed by atoms with Gasteiger partial charge in [-0.2, -0.15) is 0 Å². The first-order valence-corrected chi connectivity index (χ1v) is 12.0. The summed E-state index contributed by atoms with van der Waals surface area (Å²) in [6.07, 6.45) is 5.05. The summed E-state index contributed by atoms with van der Waals surface area (Å²) in [5.74, 6) is 0.918. The molecule has 1 aliphatic rings. The van der Waals surface area contributed by atoms with Crippen molar-refractivity contribution < 1.29 is 14.0 Å². The second kappa shape index (κ2) is 11.0. The summed E-state index contributed by atoms with van der Waals surface area (Å²) in [5.41, 5.74) is 1.01. The van der Waals surface area contributed by atoms with Gasteiger partial charge in [0.15, 0.2) is 4.34 Å². The van der Waals surface area contributed by atoms with Gasteiger partial charge >= 0.3 is 0 Å². The van der Waals surface area contributed by atoms with Crippen LogP contribution in [0.5, 0.6) is 0 Å². The summed E-state index contributed by atoms with van der Waals surface area (Å²) in [6.45, 7) is 3.05. The van der Waals surface area contributed by atoms with Gasteiger partial charge in [0.1, 0.15) is 5.76 Å². The highest BCUT2D eigenvalue weighted by molar-refractivity contribution is 8.01. The van der Waals surface area contributed by atoms with Crippen LogP contribution in [0.15, 0.2) is 63.6 Å². The number of carbonyl (C=O) groups excluding carboxylic acids is 2. The molecule has 10 heteroatoms. The number of hydrogen-bond donors (Lipinski definition) is 1. The molecule has 0 aliphatic carbocycles. The number of furan rings is 1. The number of benzene rings is 1. The summed E-state index contributed by atoms with van der Waals surface area (Å²) in [4.78, 5) is 28.4. The van der Waals surface area contributed by atoms with Crippen molar-refractivity contribution in [3.8, 4) is 0 Å². The van der Waals surface area contributed by atoms with Crippen LogP contribution in [-0.2, 0) is 16.1 Å². The summed E-state index contributed by atoms with van der Waals surface area (Å²) in [6, 6.07) is 13.4. The van der Waals surface area contributed by atoms with Gasteiger partial charge in [-0.3, -0.25) is 9.59 Å². The van der Waals surface area contributed by atoms with Crippen LogP contribution in [0.4, 0.5) is 5.13 Å². The minimum atomic E-state index is -0.0844. The Morgan fingerprint density at radius 2 is 1.91 bits per heavy atom. The maximum atomic E-state index is 12.4. The van der Waals surface area contributed by atoms with Crippen LogP contribution in [0.3, 0.4) is 0 Å². The molecule has 0 atom stereocenters.